The highest BCUT2D eigenvalue weighted by atomic mass is 16.6. The fourth-order valence-corrected chi connectivity index (χ4v) is 3.81. The summed E-state index contributed by atoms with van der Waals surface area (Å²) in [6.07, 6.45) is 3.66. The van der Waals surface area contributed by atoms with E-state index in [0.29, 0.717) is 12.1 Å². The highest BCUT2D eigenvalue weighted by Gasteiger charge is 2.62. The van der Waals surface area contributed by atoms with Gasteiger partial charge in [-0.2, -0.15) is 0 Å². The number of piperidine rings is 2. The molecule has 90 valence electrons. The van der Waals surface area contributed by atoms with Gasteiger partial charge >= 0.3 is 6.09 Å². The molecule has 2 unspecified atom stereocenters. The molecule has 0 radical (unpaired) electrons. The average Bonchev–Trinajstić information content (AvgIpc) is 2.89. The second-order valence-corrected chi connectivity index (χ2v) is 6.11. The van der Waals surface area contributed by atoms with Gasteiger partial charge in [-0.15, -0.1) is 0 Å². The van der Waals surface area contributed by atoms with Crippen molar-refractivity contribution in [2.75, 3.05) is 0 Å². The first-order chi connectivity index (χ1) is 7.58. The lowest BCUT2D eigenvalue weighted by Crippen LogP contribution is -2.49. The van der Waals surface area contributed by atoms with Crippen molar-refractivity contribution in [2.45, 2.75) is 58.2 Å². The van der Waals surface area contributed by atoms with E-state index in [2.05, 4.69) is 11.8 Å². The molecule has 1 saturated carbocycles. The molecule has 3 rings (SSSR count). The van der Waals surface area contributed by atoms with Crippen LogP contribution in [0.1, 0.15) is 40.0 Å². The zero-order valence-corrected chi connectivity index (χ0v) is 10.3. The van der Waals surface area contributed by atoms with Crippen molar-refractivity contribution >= 4 is 6.09 Å². The topological polar surface area (TPSA) is 29.5 Å². The molecular weight excluding hydrogens is 202 g/mol. The lowest BCUT2D eigenvalue weighted by atomic mass is 9.89. The van der Waals surface area contributed by atoms with Gasteiger partial charge < -0.3 is 9.64 Å². The quantitative estimate of drug-likeness (QED) is 0.684. The summed E-state index contributed by atoms with van der Waals surface area (Å²) in [4.78, 5) is 14.1. The summed E-state index contributed by atoms with van der Waals surface area (Å²) >= 11 is 0. The van der Waals surface area contributed by atoms with E-state index >= 15 is 0 Å². The van der Waals surface area contributed by atoms with E-state index in [1.807, 2.05) is 13.8 Å². The molecule has 0 N–H and O–H groups in total. The summed E-state index contributed by atoms with van der Waals surface area (Å²) in [5.41, 5.74) is 0. The Morgan fingerprint density at radius 1 is 1.19 bits per heavy atom. The van der Waals surface area contributed by atoms with Crippen LogP contribution in [0.2, 0.25) is 0 Å². The van der Waals surface area contributed by atoms with Crippen LogP contribution in [0.3, 0.4) is 0 Å². The van der Waals surface area contributed by atoms with Crippen LogP contribution in [0.15, 0.2) is 0 Å². The van der Waals surface area contributed by atoms with Crippen molar-refractivity contribution < 1.29 is 9.53 Å². The third-order valence-corrected chi connectivity index (χ3v) is 4.43. The van der Waals surface area contributed by atoms with Crippen molar-refractivity contribution in [3.63, 3.8) is 0 Å². The van der Waals surface area contributed by atoms with E-state index in [-0.39, 0.29) is 12.2 Å². The minimum absolute atomic E-state index is 0.00239. The molecule has 3 fully saturated rings. The molecule has 0 aromatic heterocycles. The molecule has 2 bridgehead atoms. The lowest BCUT2D eigenvalue weighted by Gasteiger charge is -2.40. The molecular formula is C13H21NO2. The maximum Gasteiger partial charge on any atom is 0.410 e. The maximum absolute atomic E-state index is 12.0. The maximum atomic E-state index is 12.0. The zero-order chi connectivity index (χ0) is 11.4. The molecule has 0 aromatic rings. The van der Waals surface area contributed by atoms with Gasteiger partial charge in [0.15, 0.2) is 0 Å². The summed E-state index contributed by atoms with van der Waals surface area (Å²) in [5.74, 6) is 2.38. The van der Waals surface area contributed by atoms with E-state index in [9.17, 15) is 4.79 Å². The number of rotatable bonds is 1. The van der Waals surface area contributed by atoms with Gasteiger partial charge in [-0.25, -0.2) is 4.79 Å². The second-order valence-electron chi connectivity index (χ2n) is 6.11. The first kappa shape index (κ1) is 10.4. The van der Waals surface area contributed by atoms with E-state index in [1.165, 1.54) is 19.3 Å². The number of nitrogens with zero attached hydrogens (tertiary/aromatic N) is 1. The van der Waals surface area contributed by atoms with Crippen molar-refractivity contribution in [3.05, 3.63) is 0 Å². The molecule has 1 aliphatic carbocycles. The second kappa shape index (κ2) is 3.38. The number of carbonyl (C=O) groups is 1. The Morgan fingerprint density at radius 3 is 2.25 bits per heavy atom. The molecule has 2 saturated heterocycles. The van der Waals surface area contributed by atoms with Crippen LogP contribution in [0.4, 0.5) is 4.79 Å². The molecule has 16 heavy (non-hydrogen) atoms. The van der Waals surface area contributed by atoms with Crippen molar-refractivity contribution in [1.29, 1.82) is 0 Å². The van der Waals surface area contributed by atoms with Gasteiger partial charge in [0.25, 0.3) is 0 Å². The number of hydrogen-bond donors (Lipinski definition) is 0. The Hall–Kier alpha value is -0.730. The third kappa shape index (κ3) is 1.44. The SMILES string of the molecule is CC1C[C@@H]2C3CC3[C@@H](C1)N2C(=O)OC(C)C. The van der Waals surface area contributed by atoms with Gasteiger partial charge in [0.2, 0.25) is 0 Å². The Morgan fingerprint density at radius 2 is 1.75 bits per heavy atom. The molecule has 3 nitrogen and oxygen atoms in total. The molecule has 1 amide bonds. The van der Waals surface area contributed by atoms with Crippen LogP contribution >= 0.6 is 0 Å². The summed E-state index contributed by atoms with van der Waals surface area (Å²) < 4.78 is 5.36. The zero-order valence-electron chi connectivity index (χ0n) is 10.3. The van der Waals surface area contributed by atoms with E-state index in [4.69, 9.17) is 4.74 Å². The molecule has 2 aliphatic heterocycles. The number of hydrogen-bond acceptors (Lipinski definition) is 2. The molecule has 0 aromatic carbocycles. The fraction of sp³-hybridized carbons (Fsp3) is 0.923. The van der Waals surface area contributed by atoms with Crippen LogP contribution in [-0.2, 0) is 4.74 Å². The third-order valence-electron chi connectivity index (χ3n) is 4.43. The van der Waals surface area contributed by atoms with Crippen molar-refractivity contribution in [1.82, 2.24) is 4.90 Å². The first-order valence-electron chi connectivity index (χ1n) is 6.57. The molecule has 4 atom stereocenters. The van der Waals surface area contributed by atoms with Crippen LogP contribution in [0.5, 0.6) is 0 Å². The van der Waals surface area contributed by atoms with Crippen LogP contribution in [-0.4, -0.2) is 29.2 Å². The predicted octanol–water partition coefficient (Wildman–Crippen LogP) is 2.65. The van der Waals surface area contributed by atoms with E-state index in [1.54, 1.807) is 0 Å². The molecule has 3 heteroatoms. The molecule has 3 aliphatic rings. The van der Waals surface area contributed by atoms with Crippen LogP contribution in [0.25, 0.3) is 0 Å². The van der Waals surface area contributed by atoms with Crippen molar-refractivity contribution in [3.8, 4) is 0 Å². The van der Waals surface area contributed by atoms with Crippen LogP contribution in [0, 0.1) is 17.8 Å². The summed E-state index contributed by atoms with van der Waals surface area (Å²) in [7, 11) is 0. The lowest BCUT2D eigenvalue weighted by molar-refractivity contribution is 0.0305. The van der Waals surface area contributed by atoms with Gasteiger partial charge in [-0.1, -0.05) is 6.92 Å². The summed E-state index contributed by atoms with van der Waals surface area (Å²) in [5, 5.41) is 0. The monoisotopic (exact) mass is 223 g/mol. The Kier molecular flexibility index (Phi) is 2.20. The average molecular weight is 223 g/mol. The minimum atomic E-state index is -0.0656. The largest absolute Gasteiger partial charge is 0.447 e. The van der Waals surface area contributed by atoms with E-state index in [0.717, 1.165) is 17.8 Å². The Labute approximate surface area is 97.1 Å². The van der Waals surface area contributed by atoms with Gasteiger partial charge in [0.1, 0.15) is 0 Å². The Balaban J connectivity index is 1.75. The highest BCUT2D eigenvalue weighted by Crippen LogP contribution is 2.59. The minimum Gasteiger partial charge on any atom is -0.447 e. The summed E-state index contributed by atoms with van der Waals surface area (Å²) in [6.45, 7) is 6.16. The van der Waals surface area contributed by atoms with Crippen LogP contribution < -0.4 is 0 Å². The number of ether oxygens (including phenoxy) is 1. The van der Waals surface area contributed by atoms with Crippen molar-refractivity contribution in [2.24, 2.45) is 17.8 Å². The van der Waals surface area contributed by atoms with Gasteiger partial charge in [-0.05, 0) is 50.9 Å². The van der Waals surface area contributed by atoms with Gasteiger partial charge in [-0.3, -0.25) is 0 Å². The highest BCUT2D eigenvalue weighted by molar-refractivity contribution is 5.70. The smallest absolute Gasteiger partial charge is 0.410 e. The number of fused-ring (bicyclic) bond motifs is 5. The van der Waals surface area contributed by atoms with Gasteiger partial charge in [0.05, 0.1) is 6.10 Å². The fourth-order valence-electron chi connectivity index (χ4n) is 3.81. The number of amides is 1. The number of carbonyl (C=O) groups excluding carboxylic acids is 1. The standard InChI is InChI=1S/C13H21NO2/c1-7(2)16-13(15)14-11-4-8(3)5-12(14)10-6-9(10)11/h7-12H,4-6H2,1-3H3/t8?,9?,10?,11-,12-/m1/s1. The first-order valence-corrected chi connectivity index (χ1v) is 6.57. The van der Waals surface area contributed by atoms with Gasteiger partial charge in [0, 0.05) is 12.1 Å². The van der Waals surface area contributed by atoms with E-state index < -0.39 is 0 Å². The molecule has 2 heterocycles. The normalized spacial score (nSPS) is 44.5. The molecule has 0 spiro atoms. The Bertz CT molecular complexity index is 297. The predicted molar refractivity (Wildman–Crippen MR) is 61.0 cm³/mol. The summed E-state index contributed by atoms with van der Waals surface area (Å²) in [6, 6.07) is 0.981.